The van der Waals surface area contributed by atoms with E-state index in [2.05, 4.69) is 6.07 Å². The van der Waals surface area contributed by atoms with Crippen molar-refractivity contribution in [3.63, 3.8) is 0 Å². The molecule has 0 aliphatic carbocycles. The van der Waals surface area contributed by atoms with Crippen molar-refractivity contribution in [3.8, 4) is 5.75 Å². The van der Waals surface area contributed by atoms with Gasteiger partial charge in [-0.05, 0) is 33.7 Å². The second-order valence-corrected chi connectivity index (χ2v) is 7.67. The van der Waals surface area contributed by atoms with Gasteiger partial charge in [0.25, 0.3) is 0 Å². The van der Waals surface area contributed by atoms with Gasteiger partial charge in [-0.1, -0.05) is 83.3 Å². The number of carbonyl (C=O) groups excluding carboxylic acids is 1. The quantitative estimate of drug-likeness (QED) is 0.187. The van der Waals surface area contributed by atoms with Crippen LogP contribution in [-0.2, 0) is 16.1 Å². The number of halogens is 3. The van der Waals surface area contributed by atoms with Gasteiger partial charge in [-0.15, -0.1) is 0 Å². The third-order valence-corrected chi connectivity index (χ3v) is 5.60. The minimum absolute atomic E-state index is 0.138. The van der Waals surface area contributed by atoms with Gasteiger partial charge < -0.3 is 9.47 Å². The SMILES string of the molecule is O=C(COc1cc(Cl)c(Cl)cc1Cl)OCc1c2ccccc2cc2ccccc12. The van der Waals surface area contributed by atoms with Gasteiger partial charge in [0.15, 0.2) is 6.61 Å². The summed E-state index contributed by atoms with van der Waals surface area (Å²) in [5.74, 6) is -0.238. The van der Waals surface area contributed by atoms with Gasteiger partial charge in [-0.3, -0.25) is 0 Å². The van der Waals surface area contributed by atoms with E-state index < -0.39 is 5.97 Å². The van der Waals surface area contributed by atoms with Gasteiger partial charge >= 0.3 is 5.97 Å². The van der Waals surface area contributed by atoms with Crippen LogP contribution in [0.25, 0.3) is 21.5 Å². The molecule has 0 saturated carbocycles. The molecule has 4 aromatic carbocycles. The van der Waals surface area contributed by atoms with Crippen LogP contribution in [0.3, 0.4) is 0 Å². The molecule has 0 aromatic heterocycles. The van der Waals surface area contributed by atoms with Crippen molar-refractivity contribution in [2.45, 2.75) is 6.61 Å². The van der Waals surface area contributed by atoms with Crippen LogP contribution in [0.2, 0.25) is 15.1 Å². The summed E-state index contributed by atoms with van der Waals surface area (Å²) in [5.41, 5.74) is 0.958. The Kier molecular flexibility index (Phi) is 5.81. The van der Waals surface area contributed by atoms with Crippen LogP contribution < -0.4 is 4.74 Å². The normalized spacial score (nSPS) is 11.0. The third kappa shape index (κ3) is 4.27. The highest BCUT2D eigenvalue weighted by molar-refractivity contribution is 6.43. The Morgan fingerprint density at radius 3 is 2.00 bits per heavy atom. The number of ether oxygens (including phenoxy) is 2. The van der Waals surface area contributed by atoms with Gasteiger partial charge in [0, 0.05) is 11.6 Å². The fourth-order valence-corrected chi connectivity index (χ4v) is 3.80. The van der Waals surface area contributed by atoms with Crippen LogP contribution in [0, 0.1) is 0 Å². The molecule has 0 radical (unpaired) electrons. The molecular weight excluding hydrogens is 431 g/mol. The van der Waals surface area contributed by atoms with Crippen LogP contribution >= 0.6 is 34.8 Å². The van der Waals surface area contributed by atoms with Crippen molar-refractivity contribution >= 4 is 62.3 Å². The summed E-state index contributed by atoms with van der Waals surface area (Å²) in [7, 11) is 0. The lowest BCUT2D eigenvalue weighted by molar-refractivity contribution is -0.147. The largest absolute Gasteiger partial charge is 0.480 e. The van der Waals surface area contributed by atoms with Crippen LogP contribution in [-0.4, -0.2) is 12.6 Å². The summed E-state index contributed by atoms with van der Waals surface area (Å²) < 4.78 is 10.9. The van der Waals surface area contributed by atoms with Crippen molar-refractivity contribution in [2.75, 3.05) is 6.61 Å². The van der Waals surface area contributed by atoms with E-state index >= 15 is 0 Å². The monoisotopic (exact) mass is 444 g/mol. The van der Waals surface area contributed by atoms with Crippen LogP contribution in [0.5, 0.6) is 5.75 Å². The second kappa shape index (κ2) is 8.50. The molecule has 0 N–H and O–H groups in total. The van der Waals surface area contributed by atoms with Crippen molar-refractivity contribution in [2.24, 2.45) is 0 Å². The zero-order chi connectivity index (χ0) is 20.4. The Hall–Kier alpha value is -2.46. The summed E-state index contributed by atoms with van der Waals surface area (Å²) in [6.07, 6.45) is 0. The highest BCUT2D eigenvalue weighted by Crippen LogP contribution is 2.34. The number of benzene rings is 4. The Bertz CT molecular complexity index is 1170. The molecule has 0 amide bonds. The first-order chi connectivity index (χ1) is 14.0. The lowest BCUT2D eigenvalue weighted by atomic mass is 9.97. The van der Waals surface area contributed by atoms with E-state index in [9.17, 15) is 4.79 Å². The van der Waals surface area contributed by atoms with E-state index in [4.69, 9.17) is 44.3 Å². The molecule has 29 heavy (non-hydrogen) atoms. The van der Waals surface area contributed by atoms with Gasteiger partial charge in [0.05, 0.1) is 15.1 Å². The zero-order valence-corrected chi connectivity index (χ0v) is 17.4. The van der Waals surface area contributed by atoms with E-state index in [1.807, 2.05) is 48.5 Å². The van der Waals surface area contributed by atoms with Gasteiger partial charge in [0.1, 0.15) is 12.4 Å². The highest BCUT2D eigenvalue weighted by Gasteiger charge is 2.13. The Morgan fingerprint density at radius 2 is 1.34 bits per heavy atom. The number of hydrogen-bond acceptors (Lipinski definition) is 3. The number of fused-ring (bicyclic) bond motifs is 2. The molecule has 0 bridgehead atoms. The number of rotatable bonds is 5. The summed E-state index contributed by atoms with van der Waals surface area (Å²) in [5, 5.41) is 5.16. The molecule has 4 rings (SSSR count). The molecule has 4 aromatic rings. The van der Waals surface area contributed by atoms with E-state index in [1.54, 1.807) is 0 Å². The minimum atomic E-state index is -0.510. The maximum atomic E-state index is 12.3. The Morgan fingerprint density at radius 1 is 0.759 bits per heavy atom. The minimum Gasteiger partial charge on any atom is -0.480 e. The summed E-state index contributed by atoms with van der Waals surface area (Å²) in [6.45, 7) is -0.153. The predicted molar refractivity (Wildman–Crippen MR) is 118 cm³/mol. The Labute approximate surface area is 182 Å². The lowest BCUT2D eigenvalue weighted by Crippen LogP contribution is -2.15. The smallest absolute Gasteiger partial charge is 0.344 e. The van der Waals surface area contributed by atoms with Gasteiger partial charge in [0.2, 0.25) is 0 Å². The molecule has 0 fully saturated rings. The predicted octanol–water partition coefficient (Wildman–Crippen LogP) is 7.08. The lowest BCUT2D eigenvalue weighted by Gasteiger charge is -2.13. The van der Waals surface area contributed by atoms with Crippen molar-refractivity contribution in [3.05, 3.63) is 87.4 Å². The molecule has 0 aliphatic heterocycles. The van der Waals surface area contributed by atoms with Crippen LogP contribution in [0.15, 0.2) is 66.7 Å². The van der Waals surface area contributed by atoms with Crippen LogP contribution in [0.4, 0.5) is 0 Å². The summed E-state index contributed by atoms with van der Waals surface area (Å²) >= 11 is 17.9. The topological polar surface area (TPSA) is 35.5 Å². The molecule has 3 nitrogen and oxygen atoms in total. The Balaban J connectivity index is 1.52. The molecule has 0 unspecified atom stereocenters. The molecule has 146 valence electrons. The first kappa shape index (κ1) is 19.8. The average molecular weight is 446 g/mol. The molecule has 0 spiro atoms. The number of esters is 1. The number of carbonyl (C=O) groups is 1. The first-order valence-electron chi connectivity index (χ1n) is 8.85. The highest BCUT2D eigenvalue weighted by atomic mass is 35.5. The molecule has 0 heterocycles. The maximum absolute atomic E-state index is 12.3. The van der Waals surface area contributed by atoms with E-state index in [0.29, 0.717) is 10.0 Å². The van der Waals surface area contributed by atoms with Gasteiger partial charge in [-0.2, -0.15) is 0 Å². The fourth-order valence-electron chi connectivity index (χ4n) is 3.21. The van der Waals surface area contributed by atoms with E-state index in [-0.39, 0.29) is 24.0 Å². The average Bonchev–Trinajstić information content (AvgIpc) is 2.72. The molecular formula is C23H15Cl3O3. The van der Waals surface area contributed by atoms with Crippen molar-refractivity contribution < 1.29 is 14.3 Å². The van der Waals surface area contributed by atoms with Crippen molar-refractivity contribution in [1.82, 2.24) is 0 Å². The first-order valence-corrected chi connectivity index (χ1v) is 9.98. The molecule has 6 heteroatoms. The summed E-state index contributed by atoms with van der Waals surface area (Å²) in [4.78, 5) is 12.3. The van der Waals surface area contributed by atoms with E-state index in [1.165, 1.54) is 12.1 Å². The molecule has 0 atom stereocenters. The fraction of sp³-hybridized carbons (Fsp3) is 0.0870. The van der Waals surface area contributed by atoms with Crippen molar-refractivity contribution in [1.29, 1.82) is 0 Å². The molecule has 0 saturated heterocycles. The van der Waals surface area contributed by atoms with Gasteiger partial charge in [-0.25, -0.2) is 4.79 Å². The van der Waals surface area contributed by atoms with E-state index in [0.717, 1.165) is 27.1 Å². The molecule has 0 aliphatic rings. The summed E-state index contributed by atoms with van der Waals surface area (Å²) in [6, 6.07) is 21.1. The second-order valence-electron chi connectivity index (χ2n) is 6.44. The zero-order valence-electron chi connectivity index (χ0n) is 15.1. The third-order valence-electron chi connectivity index (χ3n) is 4.58. The number of hydrogen-bond donors (Lipinski definition) is 0. The maximum Gasteiger partial charge on any atom is 0.344 e. The van der Waals surface area contributed by atoms with Crippen LogP contribution in [0.1, 0.15) is 5.56 Å². The standard InChI is InChI=1S/C23H15Cl3O3/c24-19-10-21(26)22(11-20(19)25)28-13-23(27)29-12-18-16-7-3-1-5-14(16)9-15-6-2-4-8-17(15)18/h1-11H,12-13H2.